The van der Waals surface area contributed by atoms with Crippen LogP contribution >= 0.6 is 0 Å². The molecular formula is C10H14N4O2. The zero-order valence-corrected chi connectivity index (χ0v) is 8.89. The molecule has 6 heteroatoms. The van der Waals surface area contributed by atoms with Gasteiger partial charge in [-0.15, -0.1) is 0 Å². The molecule has 2 N–H and O–H groups in total. The van der Waals surface area contributed by atoms with Crippen LogP contribution in [0.5, 0.6) is 0 Å². The van der Waals surface area contributed by atoms with E-state index in [2.05, 4.69) is 15.3 Å². The van der Waals surface area contributed by atoms with Gasteiger partial charge in [0, 0.05) is 25.5 Å². The lowest BCUT2D eigenvalue weighted by molar-refractivity contribution is 0.0922. The molecular weight excluding hydrogens is 208 g/mol. The first-order valence-electron chi connectivity index (χ1n) is 5.02. The Balaban J connectivity index is 2.24. The molecule has 1 aromatic heterocycles. The molecule has 0 spiro atoms. The van der Waals surface area contributed by atoms with Gasteiger partial charge < -0.3 is 15.2 Å². The van der Waals surface area contributed by atoms with Crippen molar-refractivity contribution in [3.63, 3.8) is 0 Å². The van der Waals surface area contributed by atoms with E-state index in [1.807, 2.05) is 6.07 Å². The van der Waals surface area contributed by atoms with Gasteiger partial charge in [0.25, 0.3) is 0 Å². The third-order valence-corrected chi connectivity index (χ3v) is 1.80. The van der Waals surface area contributed by atoms with E-state index in [9.17, 15) is 0 Å². The number of rotatable bonds is 7. The number of aromatic nitrogens is 2. The van der Waals surface area contributed by atoms with Crippen LogP contribution in [0.15, 0.2) is 12.4 Å². The van der Waals surface area contributed by atoms with Crippen LogP contribution in [0, 0.1) is 11.3 Å². The minimum atomic E-state index is 0.0379. The predicted octanol–water partition coefficient (Wildman–Crippen LogP) is 0.159. The monoisotopic (exact) mass is 222 g/mol. The van der Waals surface area contributed by atoms with Crippen molar-refractivity contribution < 1.29 is 9.84 Å². The van der Waals surface area contributed by atoms with Gasteiger partial charge in [-0.1, -0.05) is 0 Å². The number of hydrogen-bond donors (Lipinski definition) is 2. The Labute approximate surface area is 93.9 Å². The highest BCUT2D eigenvalue weighted by Gasteiger charge is 2.01. The standard InChI is InChI=1S/C10H14N4O2/c11-8-9-10(14-4-3-12-9)13-2-1-6-16-7-5-15/h3-4,15H,1-2,5-7H2,(H,13,14). The number of aliphatic hydroxyl groups is 1. The Bertz CT molecular complexity index is 351. The highest BCUT2D eigenvalue weighted by atomic mass is 16.5. The second-order valence-corrected chi connectivity index (χ2v) is 2.98. The molecule has 0 bridgehead atoms. The average molecular weight is 222 g/mol. The minimum Gasteiger partial charge on any atom is -0.394 e. The number of hydrogen-bond acceptors (Lipinski definition) is 6. The van der Waals surface area contributed by atoms with Crippen molar-refractivity contribution in [3.05, 3.63) is 18.1 Å². The van der Waals surface area contributed by atoms with Crippen LogP contribution in [-0.4, -0.2) is 41.4 Å². The summed E-state index contributed by atoms with van der Waals surface area (Å²) in [5.74, 6) is 0.493. The fourth-order valence-corrected chi connectivity index (χ4v) is 1.10. The first-order valence-corrected chi connectivity index (χ1v) is 5.02. The van der Waals surface area contributed by atoms with Gasteiger partial charge in [-0.2, -0.15) is 5.26 Å². The average Bonchev–Trinajstić information content (AvgIpc) is 2.34. The first-order chi connectivity index (χ1) is 7.88. The largest absolute Gasteiger partial charge is 0.394 e. The molecule has 0 saturated heterocycles. The van der Waals surface area contributed by atoms with Gasteiger partial charge in [0.05, 0.1) is 13.2 Å². The Kier molecular flexibility index (Phi) is 5.84. The zero-order valence-electron chi connectivity index (χ0n) is 8.89. The van der Waals surface area contributed by atoms with E-state index in [0.29, 0.717) is 31.3 Å². The summed E-state index contributed by atoms with van der Waals surface area (Å²) in [6.45, 7) is 1.61. The summed E-state index contributed by atoms with van der Waals surface area (Å²) in [6.07, 6.45) is 3.79. The molecule has 0 aliphatic rings. The molecule has 0 saturated carbocycles. The maximum absolute atomic E-state index is 8.75. The van der Waals surface area contributed by atoms with Crippen LogP contribution in [0.4, 0.5) is 5.82 Å². The normalized spacial score (nSPS) is 9.75. The van der Waals surface area contributed by atoms with Gasteiger partial charge in [-0.25, -0.2) is 9.97 Å². The van der Waals surface area contributed by atoms with E-state index in [4.69, 9.17) is 15.1 Å². The fraction of sp³-hybridized carbons (Fsp3) is 0.500. The third kappa shape index (κ3) is 4.21. The van der Waals surface area contributed by atoms with E-state index >= 15 is 0 Å². The molecule has 16 heavy (non-hydrogen) atoms. The summed E-state index contributed by atoms with van der Waals surface area (Å²) >= 11 is 0. The van der Waals surface area contributed by atoms with Crippen molar-refractivity contribution in [2.24, 2.45) is 0 Å². The van der Waals surface area contributed by atoms with Crippen LogP contribution < -0.4 is 5.32 Å². The maximum atomic E-state index is 8.75. The molecule has 0 amide bonds. The number of nitriles is 1. The number of anilines is 1. The van der Waals surface area contributed by atoms with Crippen LogP contribution in [-0.2, 0) is 4.74 Å². The Morgan fingerprint density at radius 3 is 2.94 bits per heavy atom. The number of nitrogens with one attached hydrogen (secondary N) is 1. The number of ether oxygens (including phenoxy) is 1. The molecule has 1 heterocycles. The second-order valence-electron chi connectivity index (χ2n) is 2.98. The third-order valence-electron chi connectivity index (χ3n) is 1.80. The lowest BCUT2D eigenvalue weighted by Gasteiger charge is -2.06. The van der Waals surface area contributed by atoms with Crippen molar-refractivity contribution in [2.75, 3.05) is 31.7 Å². The summed E-state index contributed by atoms with van der Waals surface area (Å²) in [4.78, 5) is 7.88. The predicted molar refractivity (Wildman–Crippen MR) is 57.8 cm³/mol. The molecule has 0 fully saturated rings. The summed E-state index contributed by atoms with van der Waals surface area (Å²) in [7, 11) is 0. The first kappa shape index (κ1) is 12.4. The minimum absolute atomic E-state index is 0.0379. The molecule has 0 radical (unpaired) electrons. The van der Waals surface area contributed by atoms with Crippen molar-refractivity contribution in [1.82, 2.24) is 9.97 Å². The van der Waals surface area contributed by atoms with Crippen molar-refractivity contribution >= 4 is 5.82 Å². The van der Waals surface area contributed by atoms with Gasteiger partial charge >= 0.3 is 0 Å². The van der Waals surface area contributed by atoms with Crippen LogP contribution in [0.1, 0.15) is 12.1 Å². The quantitative estimate of drug-likeness (QED) is 0.638. The van der Waals surface area contributed by atoms with Gasteiger partial charge in [0.2, 0.25) is 0 Å². The Morgan fingerprint density at radius 2 is 2.19 bits per heavy atom. The highest BCUT2D eigenvalue weighted by molar-refractivity contribution is 5.46. The van der Waals surface area contributed by atoms with Gasteiger partial charge in [-0.3, -0.25) is 0 Å². The molecule has 0 aliphatic carbocycles. The van der Waals surface area contributed by atoms with E-state index in [0.717, 1.165) is 6.42 Å². The van der Waals surface area contributed by atoms with Crippen molar-refractivity contribution in [1.29, 1.82) is 5.26 Å². The van der Waals surface area contributed by atoms with Gasteiger partial charge in [0.15, 0.2) is 11.5 Å². The maximum Gasteiger partial charge on any atom is 0.182 e. The molecule has 0 aliphatic heterocycles. The zero-order chi connectivity index (χ0) is 11.6. The van der Waals surface area contributed by atoms with E-state index in [1.54, 1.807) is 0 Å². The lowest BCUT2D eigenvalue weighted by Crippen LogP contribution is -2.09. The summed E-state index contributed by atoms with van der Waals surface area (Å²) in [5, 5.41) is 20.2. The molecule has 1 aromatic rings. The summed E-state index contributed by atoms with van der Waals surface area (Å²) in [5.41, 5.74) is 0.291. The summed E-state index contributed by atoms with van der Waals surface area (Å²) < 4.78 is 5.09. The molecule has 6 nitrogen and oxygen atoms in total. The molecule has 1 rings (SSSR count). The van der Waals surface area contributed by atoms with Crippen LogP contribution in [0.3, 0.4) is 0 Å². The number of nitrogens with zero attached hydrogens (tertiary/aromatic N) is 3. The fourth-order valence-electron chi connectivity index (χ4n) is 1.10. The van der Waals surface area contributed by atoms with Crippen molar-refractivity contribution in [3.8, 4) is 6.07 Å². The second kappa shape index (κ2) is 7.56. The van der Waals surface area contributed by atoms with E-state index in [-0.39, 0.29) is 6.61 Å². The Hall–Kier alpha value is -1.71. The summed E-state index contributed by atoms with van der Waals surface area (Å²) in [6, 6.07) is 1.96. The Morgan fingerprint density at radius 1 is 1.38 bits per heavy atom. The van der Waals surface area contributed by atoms with Gasteiger partial charge in [-0.05, 0) is 6.42 Å². The molecule has 0 unspecified atom stereocenters. The lowest BCUT2D eigenvalue weighted by atomic mass is 10.4. The van der Waals surface area contributed by atoms with E-state index < -0.39 is 0 Å². The van der Waals surface area contributed by atoms with Crippen molar-refractivity contribution in [2.45, 2.75) is 6.42 Å². The molecule has 86 valence electrons. The van der Waals surface area contributed by atoms with E-state index in [1.165, 1.54) is 12.4 Å². The number of aliphatic hydroxyl groups excluding tert-OH is 1. The molecule has 0 aromatic carbocycles. The van der Waals surface area contributed by atoms with Gasteiger partial charge in [0.1, 0.15) is 6.07 Å². The highest BCUT2D eigenvalue weighted by Crippen LogP contribution is 2.05. The molecule has 0 atom stereocenters. The topological polar surface area (TPSA) is 91.1 Å². The van der Waals surface area contributed by atoms with Crippen LogP contribution in [0.25, 0.3) is 0 Å². The van der Waals surface area contributed by atoms with Crippen LogP contribution in [0.2, 0.25) is 0 Å². The smallest absolute Gasteiger partial charge is 0.182 e. The SMILES string of the molecule is N#Cc1nccnc1NCCCOCCO.